The molecule has 0 aliphatic rings. The van der Waals surface area contributed by atoms with Crippen molar-refractivity contribution in [3.05, 3.63) is 106 Å². The predicted octanol–water partition coefficient (Wildman–Crippen LogP) is 6.88. The van der Waals surface area contributed by atoms with Crippen LogP contribution in [0.1, 0.15) is 17.0 Å². The maximum atomic E-state index is 6.29. The largest absolute Gasteiger partial charge is 0.369 e. The lowest BCUT2D eigenvalue weighted by Gasteiger charge is -2.06. The molecule has 35 heavy (non-hydrogen) atoms. The van der Waals surface area contributed by atoms with E-state index in [9.17, 15) is 0 Å². The first kappa shape index (κ1) is 22.2. The van der Waals surface area contributed by atoms with Crippen molar-refractivity contribution in [2.75, 3.05) is 0 Å². The van der Waals surface area contributed by atoms with Crippen LogP contribution in [0.25, 0.3) is 26.4 Å². The van der Waals surface area contributed by atoms with Crippen LogP contribution in [0.3, 0.4) is 0 Å². The Morgan fingerprint density at radius 2 is 1.74 bits per heavy atom. The number of fused-ring (bicyclic) bond motifs is 3. The minimum atomic E-state index is 0.331. The molecule has 0 spiro atoms. The van der Waals surface area contributed by atoms with Gasteiger partial charge in [0.2, 0.25) is 0 Å². The van der Waals surface area contributed by atoms with Gasteiger partial charge in [0.25, 0.3) is 0 Å². The van der Waals surface area contributed by atoms with Crippen LogP contribution in [-0.4, -0.2) is 24.4 Å². The molecule has 0 N–H and O–H groups in total. The van der Waals surface area contributed by atoms with Gasteiger partial charge in [0.1, 0.15) is 5.69 Å². The zero-order valence-corrected chi connectivity index (χ0v) is 20.8. The van der Waals surface area contributed by atoms with Gasteiger partial charge >= 0.3 is 0 Å². The Labute approximate surface area is 215 Å². The van der Waals surface area contributed by atoms with Gasteiger partial charge in [-0.05, 0) is 29.8 Å². The molecular formula is C26H19Cl2N5OS. The van der Waals surface area contributed by atoms with E-state index in [0.717, 1.165) is 38.7 Å². The molecule has 3 aromatic heterocycles. The van der Waals surface area contributed by atoms with Gasteiger partial charge in [0.15, 0.2) is 4.96 Å². The van der Waals surface area contributed by atoms with Crippen molar-refractivity contribution in [1.82, 2.24) is 24.4 Å². The van der Waals surface area contributed by atoms with Crippen molar-refractivity contribution in [3.8, 4) is 11.3 Å². The molecule has 6 aromatic rings. The molecule has 0 saturated heterocycles. The van der Waals surface area contributed by atoms with Crippen molar-refractivity contribution in [3.63, 3.8) is 0 Å². The third-order valence-electron chi connectivity index (χ3n) is 5.72. The average molecular weight is 520 g/mol. The summed E-state index contributed by atoms with van der Waals surface area (Å²) in [7, 11) is 0. The fourth-order valence-corrected chi connectivity index (χ4v) is 5.61. The fraction of sp³-hybridized carbons (Fsp3) is 0.115. The van der Waals surface area contributed by atoms with Crippen LogP contribution in [-0.2, 0) is 24.5 Å². The summed E-state index contributed by atoms with van der Waals surface area (Å²) in [5, 5.41) is 9.69. The summed E-state index contributed by atoms with van der Waals surface area (Å²) < 4.78 is 11.3. The molecule has 0 aliphatic heterocycles. The zero-order chi connectivity index (χ0) is 23.8. The first-order valence-electron chi connectivity index (χ1n) is 11.0. The smallest absolute Gasteiger partial charge is 0.195 e. The van der Waals surface area contributed by atoms with Gasteiger partial charge in [-0.3, -0.25) is 4.40 Å². The second-order valence-corrected chi connectivity index (χ2v) is 9.95. The molecule has 0 fully saturated rings. The fourth-order valence-electron chi connectivity index (χ4n) is 4.09. The minimum Gasteiger partial charge on any atom is -0.369 e. The van der Waals surface area contributed by atoms with Crippen molar-refractivity contribution < 1.29 is 4.74 Å². The minimum absolute atomic E-state index is 0.331. The van der Waals surface area contributed by atoms with Crippen molar-refractivity contribution in [2.24, 2.45) is 0 Å². The summed E-state index contributed by atoms with van der Waals surface area (Å²) >= 11 is 14.0. The number of benzene rings is 3. The van der Waals surface area contributed by atoms with Crippen LogP contribution >= 0.6 is 34.5 Å². The molecule has 0 aliphatic carbocycles. The molecule has 3 aromatic carbocycles. The predicted molar refractivity (Wildman–Crippen MR) is 140 cm³/mol. The Kier molecular flexibility index (Phi) is 6.00. The molecule has 0 unspecified atom stereocenters. The number of thiazole rings is 1. The lowest BCUT2D eigenvalue weighted by atomic mass is 10.1. The van der Waals surface area contributed by atoms with Gasteiger partial charge in [0, 0.05) is 15.6 Å². The number of aromatic nitrogens is 5. The van der Waals surface area contributed by atoms with Gasteiger partial charge in [-0.1, -0.05) is 88.3 Å². The first-order chi connectivity index (χ1) is 17.2. The topological polar surface area (TPSA) is 57.2 Å². The number of hydrogen-bond donors (Lipinski definition) is 0. The summed E-state index contributed by atoms with van der Waals surface area (Å²) in [6.45, 7) is 1.23. The van der Waals surface area contributed by atoms with E-state index >= 15 is 0 Å². The quantitative estimate of drug-likeness (QED) is 0.230. The highest BCUT2D eigenvalue weighted by Crippen LogP contribution is 2.33. The Morgan fingerprint density at radius 3 is 2.60 bits per heavy atom. The van der Waals surface area contributed by atoms with Crippen LogP contribution in [0.2, 0.25) is 10.0 Å². The van der Waals surface area contributed by atoms with Crippen LogP contribution in [0, 0.1) is 0 Å². The maximum absolute atomic E-state index is 6.29. The Morgan fingerprint density at radius 1 is 0.914 bits per heavy atom. The SMILES string of the molecule is Clc1ccc(Cn2cc(COCc3c(-c4ccccc4)nc4sc5ccccc5n34)nn2)c(Cl)c1. The average Bonchev–Trinajstić information content (AvgIpc) is 3.56. The lowest BCUT2D eigenvalue weighted by Crippen LogP contribution is -2.01. The molecule has 0 atom stereocenters. The normalized spacial score (nSPS) is 11.6. The highest BCUT2D eigenvalue weighted by atomic mass is 35.5. The summed E-state index contributed by atoms with van der Waals surface area (Å²) in [5.74, 6) is 0. The second-order valence-electron chi connectivity index (χ2n) is 8.10. The number of halogens is 2. The molecule has 0 radical (unpaired) electrons. The third kappa shape index (κ3) is 4.44. The van der Waals surface area contributed by atoms with Crippen LogP contribution in [0.5, 0.6) is 0 Å². The van der Waals surface area contributed by atoms with Gasteiger partial charge in [-0.2, -0.15) is 0 Å². The molecule has 0 amide bonds. The van der Waals surface area contributed by atoms with E-state index in [1.165, 1.54) is 4.70 Å². The van der Waals surface area contributed by atoms with Crippen molar-refractivity contribution in [2.45, 2.75) is 19.8 Å². The Hall–Kier alpha value is -3.23. The van der Waals surface area contributed by atoms with Gasteiger partial charge in [-0.15, -0.1) is 5.10 Å². The molecule has 0 bridgehead atoms. The number of ether oxygens (including phenoxy) is 1. The van der Waals surface area contributed by atoms with Crippen molar-refractivity contribution in [1.29, 1.82) is 0 Å². The summed E-state index contributed by atoms with van der Waals surface area (Å²) in [6.07, 6.45) is 1.87. The van der Waals surface area contributed by atoms with E-state index < -0.39 is 0 Å². The zero-order valence-electron chi connectivity index (χ0n) is 18.4. The third-order valence-corrected chi connectivity index (χ3v) is 7.33. The number of imidazole rings is 1. The van der Waals surface area contributed by atoms with Gasteiger partial charge in [-0.25, -0.2) is 9.67 Å². The molecular weight excluding hydrogens is 501 g/mol. The van der Waals surface area contributed by atoms with Crippen LogP contribution in [0.15, 0.2) is 79.0 Å². The lowest BCUT2D eigenvalue weighted by molar-refractivity contribution is 0.102. The summed E-state index contributed by atoms with van der Waals surface area (Å²) in [6, 6.07) is 24.0. The maximum Gasteiger partial charge on any atom is 0.195 e. The van der Waals surface area contributed by atoms with Crippen molar-refractivity contribution >= 4 is 49.7 Å². The molecule has 0 saturated carbocycles. The monoisotopic (exact) mass is 519 g/mol. The summed E-state index contributed by atoms with van der Waals surface area (Å²) in [5.41, 5.74) is 5.82. The highest BCUT2D eigenvalue weighted by molar-refractivity contribution is 7.23. The van der Waals surface area contributed by atoms with E-state index in [-0.39, 0.29) is 0 Å². The van der Waals surface area contributed by atoms with E-state index in [2.05, 4.69) is 39.0 Å². The summed E-state index contributed by atoms with van der Waals surface area (Å²) in [4.78, 5) is 5.91. The number of nitrogens with zero attached hydrogens (tertiary/aromatic N) is 5. The molecule has 6 nitrogen and oxygen atoms in total. The van der Waals surface area contributed by atoms with Crippen LogP contribution < -0.4 is 0 Å². The number of rotatable bonds is 7. The van der Waals surface area contributed by atoms with E-state index in [0.29, 0.717) is 29.8 Å². The highest BCUT2D eigenvalue weighted by Gasteiger charge is 2.18. The van der Waals surface area contributed by atoms with E-state index in [1.807, 2.05) is 48.7 Å². The number of hydrogen-bond acceptors (Lipinski definition) is 5. The number of para-hydroxylation sites is 1. The Balaban J connectivity index is 1.24. The molecule has 3 heterocycles. The standard InChI is InChI=1S/C26H19Cl2N5OS/c27-19-11-10-18(21(28)12-19)13-32-14-20(30-31-32)15-34-16-23-25(17-6-2-1-3-7-17)29-26-33(23)22-8-4-5-9-24(22)35-26/h1-12,14H,13,15-16H2. The first-order valence-corrected chi connectivity index (χ1v) is 12.6. The molecule has 174 valence electrons. The van der Waals surface area contributed by atoms with E-state index in [4.69, 9.17) is 32.9 Å². The van der Waals surface area contributed by atoms with Crippen LogP contribution in [0.4, 0.5) is 0 Å². The van der Waals surface area contributed by atoms with Gasteiger partial charge < -0.3 is 4.74 Å². The van der Waals surface area contributed by atoms with E-state index in [1.54, 1.807) is 22.1 Å². The molecule has 9 heteroatoms. The molecule has 6 rings (SSSR count). The van der Waals surface area contributed by atoms with Gasteiger partial charge in [0.05, 0.1) is 47.6 Å². The second kappa shape index (κ2) is 9.43. The Bertz CT molecular complexity index is 1640.